The maximum atomic E-state index is 14.0. The van der Waals surface area contributed by atoms with Crippen LogP contribution in [0.25, 0.3) is 28.1 Å². The molecule has 6 rings (SSSR count). The van der Waals surface area contributed by atoms with Gasteiger partial charge in [-0.2, -0.15) is 4.98 Å². The molecule has 1 saturated heterocycles. The van der Waals surface area contributed by atoms with E-state index in [2.05, 4.69) is 9.97 Å². The van der Waals surface area contributed by atoms with Crippen LogP contribution in [0.4, 0.5) is 19.0 Å². The molecule has 0 N–H and O–H groups in total. The summed E-state index contributed by atoms with van der Waals surface area (Å²) >= 11 is 6.04. The summed E-state index contributed by atoms with van der Waals surface area (Å²) in [5, 5.41) is -0.344. The van der Waals surface area contributed by atoms with Crippen molar-refractivity contribution in [2.24, 2.45) is 0 Å². The van der Waals surface area contributed by atoms with Crippen LogP contribution in [0, 0.1) is 5.82 Å². The van der Waals surface area contributed by atoms with Crippen LogP contribution in [0.1, 0.15) is 6.42 Å². The Morgan fingerprint density at radius 1 is 1.11 bits per heavy atom. The molecule has 9 nitrogen and oxygen atoms in total. The second kappa shape index (κ2) is 8.62. The Labute approximate surface area is 216 Å². The van der Waals surface area contributed by atoms with E-state index in [9.17, 15) is 22.8 Å². The molecule has 1 fully saturated rings. The molecule has 0 radical (unpaired) electrons. The molecule has 4 aromatic heterocycles. The summed E-state index contributed by atoms with van der Waals surface area (Å²) in [6.45, 7) is -0.569. The fourth-order valence-corrected chi connectivity index (χ4v) is 4.85. The molecule has 0 spiro atoms. The number of pyridine rings is 2. The zero-order valence-electron chi connectivity index (χ0n) is 19.7. The number of rotatable bonds is 4. The molecule has 194 valence electrons. The molecule has 5 aromatic rings. The molecule has 0 atom stereocenters. The SMILES string of the molecule is COc1nc(N2CCC(F)(F)C2)cc2c1c(=O)n(-c1cnc3ccccn13)c(=O)n2-c1ccc(F)c(Cl)c1. The summed E-state index contributed by atoms with van der Waals surface area (Å²) in [4.78, 5) is 37.9. The van der Waals surface area contributed by atoms with Gasteiger partial charge in [0.2, 0.25) is 5.88 Å². The Morgan fingerprint density at radius 2 is 1.92 bits per heavy atom. The number of benzene rings is 1. The number of hydrogen-bond acceptors (Lipinski definition) is 6. The minimum absolute atomic E-state index is 0.0140. The van der Waals surface area contributed by atoms with Crippen molar-refractivity contribution in [1.82, 2.24) is 23.5 Å². The summed E-state index contributed by atoms with van der Waals surface area (Å²) in [6.07, 6.45) is 2.64. The number of anilines is 1. The molecule has 5 heterocycles. The monoisotopic (exact) mass is 542 g/mol. The predicted molar refractivity (Wildman–Crippen MR) is 135 cm³/mol. The summed E-state index contributed by atoms with van der Waals surface area (Å²) in [7, 11) is 1.28. The lowest BCUT2D eigenvalue weighted by atomic mass is 10.2. The van der Waals surface area contributed by atoms with Gasteiger partial charge >= 0.3 is 5.69 Å². The zero-order valence-corrected chi connectivity index (χ0v) is 20.5. The number of aromatic nitrogens is 5. The molecule has 0 aliphatic carbocycles. The highest BCUT2D eigenvalue weighted by atomic mass is 35.5. The van der Waals surface area contributed by atoms with Crippen LogP contribution in [0.2, 0.25) is 5.02 Å². The first-order valence-electron chi connectivity index (χ1n) is 11.5. The van der Waals surface area contributed by atoms with E-state index in [0.717, 1.165) is 15.2 Å². The summed E-state index contributed by atoms with van der Waals surface area (Å²) in [5.41, 5.74) is -0.921. The van der Waals surface area contributed by atoms with Gasteiger partial charge in [-0.05, 0) is 30.3 Å². The summed E-state index contributed by atoms with van der Waals surface area (Å²) in [5.74, 6) is -3.55. The Hall–Kier alpha value is -4.32. The van der Waals surface area contributed by atoms with Crippen LogP contribution in [-0.4, -0.2) is 49.6 Å². The van der Waals surface area contributed by atoms with Crippen LogP contribution in [-0.2, 0) is 0 Å². The highest BCUT2D eigenvalue weighted by Crippen LogP contribution is 2.33. The van der Waals surface area contributed by atoms with Crippen molar-refractivity contribution >= 4 is 34.0 Å². The van der Waals surface area contributed by atoms with Gasteiger partial charge in [0.15, 0.2) is 0 Å². The highest BCUT2D eigenvalue weighted by molar-refractivity contribution is 6.30. The van der Waals surface area contributed by atoms with Gasteiger partial charge in [-0.15, -0.1) is 0 Å². The third-order valence-corrected chi connectivity index (χ3v) is 6.76. The molecule has 1 aliphatic rings. The second-order valence-electron chi connectivity index (χ2n) is 8.81. The lowest BCUT2D eigenvalue weighted by Gasteiger charge is -2.21. The Bertz CT molecular complexity index is 1870. The Morgan fingerprint density at radius 3 is 2.63 bits per heavy atom. The summed E-state index contributed by atoms with van der Waals surface area (Å²) < 4.78 is 51.1. The standard InChI is InChI=1S/C25H18ClF3N6O3/c1-38-22-21-17(11-19(31-22)32-9-7-25(28,29)13-32)34(14-5-6-16(27)15(26)10-14)24(37)35(23(21)36)20-12-30-18-4-2-3-8-33(18)20/h2-6,8,10-12H,7,9,13H2,1H3. The molecule has 0 amide bonds. The maximum Gasteiger partial charge on any atom is 0.342 e. The van der Waals surface area contributed by atoms with Gasteiger partial charge in [-0.1, -0.05) is 17.7 Å². The van der Waals surface area contributed by atoms with Crippen LogP contribution < -0.4 is 20.9 Å². The van der Waals surface area contributed by atoms with Gasteiger partial charge in [0.05, 0.1) is 36.1 Å². The third kappa shape index (κ3) is 3.71. The molecule has 0 unspecified atom stereocenters. The normalized spacial score (nSPS) is 15.0. The number of fused-ring (bicyclic) bond motifs is 2. The van der Waals surface area contributed by atoms with Gasteiger partial charge < -0.3 is 9.64 Å². The van der Waals surface area contributed by atoms with Gasteiger partial charge in [-0.3, -0.25) is 13.8 Å². The number of methoxy groups -OCH3 is 1. The molecule has 13 heteroatoms. The highest BCUT2D eigenvalue weighted by Gasteiger charge is 2.39. The van der Waals surface area contributed by atoms with Gasteiger partial charge in [0.1, 0.15) is 28.5 Å². The van der Waals surface area contributed by atoms with E-state index in [0.29, 0.717) is 5.65 Å². The molecule has 1 aliphatic heterocycles. The van der Waals surface area contributed by atoms with E-state index in [1.807, 2.05) is 0 Å². The minimum atomic E-state index is -2.92. The first-order chi connectivity index (χ1) is 18.2. The van der Waals surface area contributed by atoms with Gasteiger partial charge in [-0.25, -0.2) is 27.5 Å². The number of alkyl halides is 2. The zero-order chi connectivity index (χ0) is 26.8. The second-order valence-corrected chi connectivity index (χ2v) is 9.22. The fraction of sp³-hybridized carbons (Fsp3) is 0.200. The van der Waals surface area contributed by atoms with Crippen LogP contribution in [0.5, 0.6) is 5.88 Å². The van der Waals surface area contributed by atoms with E-state index in [1.54, 1.807) is 28.8 Å². The molecular formula is C25H18ClF3N6O3. The lowest BCUT2D eigenvalue weighted by molar-refractivity contribution is 0.0256. The van der Waals surface area contributed by atoms with Crippen molar-refractivity contribution < 1.29 is 17.9 Å². The smallest absolute Gasteiger partial charge is 0.342 e. The molecule has 0 bridgehead atoms. The van der Waals surface area contributed by atoms with Crippen molar-refractivity contribution in [3.05, 3.63) is 86.5 Å². The summed E-state index contributed by atoms with van der Waals surface area (Å²) in [6, 6.07) is 10.2. The lowest BCUT2D eigenvalue weighted by Crippen LogP contribution is -2.39. The minimum Gasteiger partial charge on any atom is -0.480 e. The van der Waals surface area contributed by atoms with Crippen molar-refractivity contribution in [1.29, 1.82) is 0 Å². The Kier molecular flexibility index (Phi) is 5.45. The van der Waals surface area contributed by atoms with E-state index in [1.165, 1.54) is 36.4 Å². The average Bonchev–Trinajstić information content (AvgIpc) is 3.48. The van der Waals surface area contributed by atoms with E-state index in [-0.39, 0.29) is 52.1 Å². The molecular weight excluding hydrogens is 525 g/mol. The van der Waals surface area contributed by atoms with E-state index < -0.39 is 29.5 Å². The van der Waals surface area contributed by atoms with Crippen LogP contribution >= 0.6 is 11.6 Å². The number of ether oxygens (including phenoxy) is 1. The van der Waals surface area contributed by atoms with Crippen molar-refractivity contribution in [3.8, 4) is 17.4 Å². The first-order valence-corrected chi connectivity index (χ1v) is 11.8. The number of imidazole rings is 1. The van der Waals surface area contributed by atoms with Crippen molar-refractivity contribution in [2.75, 3.05) is 25.1 Å². The quantitative estimate of drug-likeness (QED) is 0.343. The third-order valence-electron chi connectivity index (χ3n) is 6.47. The largest absolute Gasteiger partial charge is 0.480 e. The molecule has 1 aromatic carbocycles. The van der Waals surface area contributed by atoms with E-state index >= 15 is 0 Å². The average molecular weight is 543 g/mol. The predicted octanol–water partition coefficient (Wildman–Crippen LogP) is 3.83. The first kappa shape index (κ1) is 24.0. The topological polar surface area (TPSA) is 86.7 Å². The maximum absolute atomic E-state index is 14.0. The molecule has 0 saturated carbocycles. The van der Waals surface area contributed by atoms with Gasteiger partial charge in [0, 0.05) is 25.2 Å². The van der Waals surface area contributed by atoms with Gasteiger partial charge in [0.25, 0.3) is 11.5 Å². The Balaban J connectivity index is 1.74. The number of nitrogens with zero attached hydrogens (tertiary/aromatic N) is 6. The number of halogens is 4. The van der Waals surface area contributed by atoms with Crippen LogP contribution in [0.15, 0.2) is 64.4 Å². The van der Waals surface area contributed by atoms with Crippen molar-refractivity contribution in [2.45, 2.75) is 12.3 Å². The molecule has 38 heavy (non-hydrogen) atoms. The van der Waals surface area contributed by atoms with Crippen LogP contribution in [0.3, 0.4) is 0 Å². The van der Waals surface area contributed by atoms with E-state index in [4.69, 9.17) is 16.3 Å². The fourth-order valence-electron chi connectivity index (χ4n) is 4.68. The van der Waals surface area contributed by atoms with Crippen molar-refractivity contribution in [3.63, 3.8) is 0 Å². The number of hydrogen-bond donors (Lipinski definition) is 0.